The number of amides is 1. The van der Waals surface area contributed by atoms with Crippen LogP contribution in [0.2, 0.25) is 10.0 Å². The first-order chi connectivity index (χ1) is 14.2. The van der Waals surface area contributed by atoms with E-state index in [9.17, 15) is 9.59 Å². The number of nitrogens with one attached hydrogen (secondary N) is 1. The van der Waals surface area contributed by atoms with Crippen molar-refractivity contribution in [3.63, 3.8) is 0 Å². The van der Waals surface area contributed by atoms with Crippen LogP contribution >= 0.6 is 39.1 Å². The second-order valence-electron chi connectivity index (χ2n) is 8.52. The molecule has 1 aliphatic heterocycles. The van der Waals surface area contributed by atoms with E-state index in [0.717, 1.165) is 23.4 Å². The summed E-state index contributed by atoms with van der Waals surface area (Å²) in [6.45, 7) is 4.16. The third-order valence-corrected chi connectivity index (χ3v) is 6.83. The third-order valence-electron chi connectivity index (χ3n) is 5.62. The molecule has 2 aliphatic rings. The molecule has 7 heteroatoms. The van der Waals surface area contributed by atoms with Crippen LogP contribution in [0.25, 0.3) is 0 Å². The Morgan fingerprint density at radius 2 is 1.97 bits per heavy atom. The molecule has 1 atom stereocenters. The minimum atomic E-state index is -0.630. The first-order valence-electron chi connectivity index (χ1n) is 9.65. The van der Waals surface area contributed by atoms with Crippen molar-refractivity contribution in [3.8, 4) is 0 Å². The molecule has 1 aliphatic carbocycles. The summed E-state index contributed by atoms with van der Waals surface area (Å²) in [6, 6.07) is 10.4. The zero-order valence-electron chi connectivity index (χ0n) is 16.6. The predicted octanol–water partition coefficient (Wildman–Crippen LogP) is 6.66. The molecule has 1 N–H and O–H groups in total. The second kappa shape index (κ2) is 8.03. The number of halogens is 3. The van der Waals surface area contributed by atoms with Crippen LogP contribution in [-0.2, 0) is 14.9 Å². The number of allylic oxidation sites excluding steroid dienone is 1. The summed E-state index contributed by atoms with van der Waals surface area (Å²) in [4.78, 5) is 27.4. The van der Waals surface area contributed by atoms with Gasteiger partial charge in [0, 0.05) is 33.1 Å². The van der Waals surface area contributed by atoms with Crippen molar-refractivity contribution in [3.05, 3.63) is 68.8 Å². The van der Waals surface area contributed by atoms with E-state index in [4.69, 9.17) is 23.2 Å². The predicted molar refractivity (Wildman–Crippen MR) is 125 cm³/mol. The summed E-state index contributed by atoms with van der Waals surface area (Å²) in [7, 11) is 0. The smallest absolute Gasteiger partial charge is 0.215 e. The molecular weight excluding hydrogens is 487 g/mol. The van der Waals surface area contributed by atoms with Crippen LogP contribution in [0.5, 0.6) is 0 Å². The van der Waals surface area contributed by atoms with Crippen LogP contribution < -0.4 is 10.2 Å². The lowest BCUT2D eigenvalue weighted by Gasteiger charge is -2.36. The van der Waals surface area contributed by atoms with Gasteiger partial charge in [-0.3, -0.25) is 9.59 Å². The summed E-state index contributed by atoms with van der Waals surface area (Å²) in [5, 5.41) is 5.09. The number of nitrogens with zero attached hydrogens (tertiary/aromatic N) is 1. The van der Waals surface area contributed by atoms with Crippen LogP contribution in [0.4, 0.5) is 11.4 Å². The number of rotatable bonds is 3. The van der Waals surface area contributed by atoms with Crippen molar-refractivity contribution >= 4 is 62.7 Å². The van der Waals surface area contributed by atoms with E-state index in [1.807, 2.05) is 18.2 Å². The highest BCUT2D eigenvalue weighted by Crippen LogP contribution is 2.49. The number of ketones is 1. The van der Waals surface area contributed by atoms with Gasteiger partial charge in [-0.15, -0.1) is 0 Å². The van der Waals surface area contributed by atoms with Crippen molar-refractivity contribution in [2.24, 2.45) is 5.41 Å². The number of carbonyl (C=O) groups is 2. The normalized spacial score (nSPS) is 20.2. The SMILES string of the molecule is CC1(C)CC(=O)C2=C(C1)Nc1cc(CBr)ccc1N(C=O)C2c1ccc(Cl)cc1Cl. The Morgan fingerprint density at radius 3 is 2.63 bits per heavy atom. The molecule has 1 heterocycles. The third kappa shape index (κ3) is 3.79. The molecule has 0 fully saturated rings. The van der Waals surface area contributed by atoms with Crippen LogP contribution in [0.3, 0.4) is 0 Å². The Morgan fingerprint density at radius 1 is 1.20 bits per heavy atom. The molecule has 30 heavy (non-hydrogen) atoms. The van der Waals surface area contributed by atoms with E-state index in [2.05, 4.69) is 35.1 Å². The van der Waals surface area contributed by atoms with E-state index in [-0.39, 0.29) is 11.2 Å². The number of alkyl halides is 1. The molecule has 0 aromatic heterocycles. The Balaban J connectivity index is 2.00. The molecule has 0 spiro atoms. The number of benzene rings is 2. The first-order valence-corrected chi connectivity index (χ1v) is 11.5. The first kappa shape index (κ1) is 21.4. The van der Waals surface area contributed by atoms with E-state index in [0.29, 0.717) is 45.0 Å². The lowest BCUT2D eigenvalue weighted by atomic mass is 9.73. The standard InChI is InChI=1S/C23H21BrCl2N2O2/c1-23(2)9-18-21(20(30)10-23)22(15-5-4-14(25)8-16(15)26)28(12-29)19-6-3-13(11-24)7-17(19)27-18/h3-8,12,22,27H,9-11H2,1-2H3. The van der Waals surface area contributed by atoms with Gasteiger partial charge in [0.25, 0.3) is 0 Å². The Labute approximate surface area is 194 Å². The van der Waals surface area contributed by atoms with Gasteiger partial charge in [0.2, 0.25) is 6.41 Å². The summed E-state index contributed by atoms with van der Waals surface area (Å²) < 4.78 is 0. The topological polar surface area (TPSA) is 49.4 Å². The fourth-order valence-electron chi connectivity index (χ4n) is 4.34. The van der Waals surface area contributed by atoms with Gasteiger partial charge < -0.3 is 10.2 Å². The lowest BCUT2D eigenvalue weighted by molar-refractivity contribution is -0.118. The number of anilines is 2. The Hall–Kier alpha value is -1.82. The molecule has 2 aromatic carbocycles. The lowest BCUT2D eigenvalue weighted by Crippen LogP contribution is -2.35. The van der Waals surface area contributed by atoms with Gasteiger partial charge >= 0.3 is 0 Å². The molecule has 0 saturated carbocycles. The molecule has 0 saturated heterocycles. The zero-order valence-corrected chi connectivity index (χ0v) is 19.7. The second-order valence-corrected chi connectivity index (χ2v) is 9.93. The molecule has 1 unspecified atom stereocenters. The van der Waals surface area contributed by atoms with Gasteiger partial charge in [-0.05, 0) is 47.2 Å². The number of carbonyl (C=O) groups excluding carboxylic acids is 2. The van der Waals surface area contributed by atoms with Gasteiger partial charge in [-0.2, -0.15) is 0 Å². The molecule has 0 radical (unpaired) electrons. The monoisotopic (exact) mass is 506 g/mol. The average molecular weight is 508 g/mol. The number of fused-ring (bicyclic) bond motifs is 1. The minimum Gasteiger partial charge on any atom is -0.357 e. The highest BCUT2D eigenvalue weighted by molar-refractivity contribution is 9.08. The van der Waals surface area contributed by atoms with Gasteiger partial charge in [-0.1, -0.05) is 65.1 Å². The highest BCUT2D eigenvalue weighted by atomic mass is 79.9. The van der Waals surface area contributed by atoms with E-state index >= 15 is 0 Å². The van der Waals surface area contributed by atoms with Crippen LogP contribution in [0.15, 0.2) is 47.7 Å². The summed E-state index contributed by atoms with van der Waals surface area (Å²) in [5.41, 5.74) is 4.48. The number of hydrogen-bond donors (Lipinski definition) is 1. The Bertz CT molecular complexity index is 1080. The fraction of sp³-hybridized carbons (Fsp3) is 0.304. The average Bonchev–Trinajstić information content (AvgIpc) is 2.80. The summed E-state index contributed by atoms with van der Waals surface area (Å²) >= 11 is 16.2. The molecule has 4 nitrogen and oxygen atoms in total. The molecule has 1 amide bonds. The van der Waals surface area contributed by atoms with Gasteiger partial charge in [0.15, 0.2) is 5.78 Å². The van der Waals surface area contributed by atoms with Crippen molar-refractivity contribution in [1.29, 1.82) is 0 Å². The maximum absolute atomic E-state index is 13.4. The van der Waals surface area contributed by atoms with E-state index < -0.39 is 6.04 Å². The van der Waals surface area contributed by atoms with Gasteiger partial charge in [0.1, 0.15) is 0 Å². The largest absolute Gasteiger partial charge is 0.357 e. The van der Waals surface area contributed by atoms with Crippen LogP contribution in [0.1, 0.15) is 43.9 Å². The molecule has 2 aromatic rings. The molecule has 0 bridgehead atoms. The van der Waals surface area contributed by atoms with Crippen molar-refractivity contribution < 1.29 is 9.59 Å². The number of Topliss-reactive ketones (excluding diaryl/α,β-unsaturated/α-hetero) is 1. The highest BCUT2D eigenvalue weighted by Gasteiger charge is 2.42. The van der Waals surface area contributed by atoms with E-state index in [1.165, 1.54) is 0 Å². The summed E-state index contributed by atoms with van der Waals surface area (Å²) in [5.74, 6) is 0.0186. The molecule has 4 rings (SSSR count). The van der Waals surface area contributed by atoms with Crippen molar-refractivity contribution in [2.75, 3.05) is 10.2 Å². The van der Waals surface area contributed by atoms with Crippen molar-refractivity contribution in [2.45, 2.75) is 38.1 Å². The Kier molecular flexibility index (Phi) is 5.73. The zero-order chi connectivity index (χ0) is 21.6. The van der Waals surface area contributed by atoms with Crippen molar-refractivity contribution in [1.82, 2.24) is 0 Å². The van der Waals surface area contributed by atoms with Crippen LogP contribution in [0, 0.1) is 5.41 Å². The minimum absolute atomic E-state index is 0.0186. The van der Waals surface area contributed by atoms with Gasteiger partial charge in [-0.25, -0.2) is 0 Å². The fourth-order valence-corrected chi connectivity index (χ4v) is 5.20. The van der Waals surface area contributed by atoms with Gasteiger partial charge in [0.05, 0.1) is 17.4 Å². The summed E-state index contributed by atoms with van der Waals surface area (Å²) in [6.07, 6.45) is 1.87. The van der Waals surface area contributed by atoms with E-state index in [1.54, 1.807) is 23.1 Å². The number of hydrogen-bond acceptors (Lipinski definition) is 3. The maximum Gasteiger partial charge on any atom is 0.215 e. The quantitative estimate of drug-likeness (QED) is 0.373. The molecule has 156 valence electrons. The maximum atomic E-state index is 13.4. The molecular formula is C23H21BrCl2N2O2. The van der Waals surface area contributed by atoms with Crippen LogP contribution in [-0.4, -0.2) is 12.2 Å².